The molecule has 0 aromatic heterocycles. The van der Waals surface area contributed by atoms with Crippen molar-refractivity contribution in [3.05, 3.63) is 17.7 Å². The molecule has 0 spiro atoms. The van der Waals surface area contributed by atoms with Crippen molar-refractivity contribution in [1.29, 1.82) is 0 Å². The van der Waals surface area contributed by atoms with Gasteiger partial charge in [0.05, 0.1) is 7.11 Å². The van der Waals surface area contributed by atoms with Gasteiger partial charge in [0.1, 0.15) is 6.10 Å². The molecular formula is C18H29NO4. The van der Waals surface area contributed by atoms with Crippen molar-refractivity contribution in [3.63, 3.8) is 0 Å². The Labute approximate surface area is 139 Å². The van der Waals surface area contributed by atoms with Crippen molar-refractivity contribution < 1.29 is 19.4 Å². The molecule has 23 heavy (non-hydrogen) atoms. The van der Waals surface area contributed by atoms with Gasteiger partial charge in [0.2, 0.25) is 0 Å². The van der Waals surface area contributed by atoms with Crippen LogP contribution >= 0.6 is 0 Å². The van der Waals surface area contributed by atoms with Gasteiger partial charge < -0.3 is 19.5 Å². The van der Waals surface area contributed by atoms with Crippen molar-refractivity contribution in [2.75, 3.05) is 25.1 Å². The molecule has 0 bridgehead atoms. The predicted molar refractivity (Wildman–Crippen MR) is 92.5 cm³/mol. The first-order chi connectivity index (χ1) is 11.0. The van der Waals surface area contributed by atoms with Crippen LogP contribution in [0, 0.1) is 0 Å². The summed E-state index contributed by atoms with van der Waals surface area (Å²) in [6, 6.07) is 3.70. The number of carbonyl (C=O) groups excluding carboxylic acids is 1. The summed E-state index contributed by atoms with van der Waals surface area (Å²) in [7, 11) is 1.58. The number of aliphatic hydroxyl groups is 1. The zero-order chi connectivity index (χ0) is 17.4. The van der Waals surface area contributed by atoms with Crippen LogP contribution in [-0.4, -0.2) is 37.4 Å². The molecule has 0 heterocycles. The van der Waals surface area contributed by atoms with Gasteiger partial charge in [-0.15, -0.1) is 0 Å². The molecule has 1 atom stereocenters. The Hall–Kier alpha value is -1.75. The van der Waals surface area contributed by atoms with E-state index in [1.807, 2.05) is 6.07 Å². The smallest absolute Gasteiger partial charge is 0.340 e. The van der Waals surface area contributed by atoms with Crippen molar-refractivity contribution in [2.24, 2.45) is 0 Å². The van der Waals surface area contributed by atoms with E-state index in [1.165, 1.54) is 6.92 Å². The molecule has 0 radical (unpaired) electrons. The fourth-order valence-electron chi connectivity index (χ4n) is 2.55. The summed E-state index contributed by atoms with van der Waals surface area (Å²) < 4.78 is 10.8. The normalized spacial score (nSPS) is 11.9. The molecule has 1 rings (SSSR count). The Bertz CT molecular complexity index is 510. The molecule has 1 aromatic rings. The molecule has 0 amide bonds. The molecule has 1 N–H and O–H groups in total. The van der Waals surface area contributed by atoms with Crippen molar-refractivity contribution in [2.45, 2.75) is 53.1 Å². The monoisotopic (exact) mass is 323 g/mol. The summed E-state index contributed by atoms with van der Waals surface area (Å²) in [5.41, 5.74) is 2.16. The topological polar surface area (TPSA) is 59.0 Å². The Morgan fingerprint density at radius 1 is 1.26 bits per heavy atom. The van der Waals surface area contributed by atoms with Gasteiger partial charge in [0.15, 0.2) is 11.5 Å². The van der Waals surface area contributed by atoms with E-state index < -0.39 is 12.1 Å². The largest absolute Gasteiger partial charge is 0.492 e. The molecule has 1 unspecified atom stereocenters. The van der Waals surface area contributed by atoms with E-state index in [9.17, 15) is 9.90 Å². The number of hydrogen-bond acceptors (Lipinski definition) is 5. The summed E-state index contributed by atoms with van der Waals surface area (Å²) >= 11 is 0. The van der Waals surface area contributed by atoms with E-state index >= 15 is 0 Å². The Morgan fingerprint density at radius 2 is 1.91 bits per heavy atom. The van der Waals surface area contributed by atoms with Crippen LogP contribution in [0.4, 0.5) is 5.69 Å². The molecule has 1 aromatic carbocycles. The van der Waals surface area contributed by atoms with Crippen molar-refractivity contribution in [1.82, 2.24) is 0 Å². The second kappa shape index (κ2) is 9.40. The van der Waals surface area contributed by atoms with Gasteiger partial charge in [0.25, 0.3) is 0 Å². The number of rotatable bonds is 9. The number of aliphatic hydroxyl groups excluding tert-OH is 1. The number of methoxy groups -OCH3 is 1. The number of ether oxygens (including phenoxy) is 2. The first kappa shape index (κ1) is 19.3. The van der Waals surface area contributed by atoms with Crippen LogP contribution in [0.25, 0.3) is 0 Å². The SMILES string of the molecule is CCCCc1c(N(CC)CC)ccc(OC(=O)C(C)O)c1OC. The third kappa shape index (κ3) is 4.86. The molecular weight excluding hydrogens is 294 g/mol. The minimum atomic E-state index is -1.17. The molecule has 0 aliphatic rings. The van der Waals surface area contributed by atoms with Crippen LogP contribution in [-0.2, 0) is 11.2 Å². The van der Waals surface area contributed by atoms with Crippen LogP contribution in [0.2, 0.25) is 0 Å². The molecule has 0 saturated carbocycles. The van der Waals surface area contributed by atoms with Gasteiger partial charge in [-0.1, -0.05) is 13.3 Å². The zero-order valence-corrected chi connectivity index (χ0v) is 14.9. The molecule has 5 heteroatoms. The first-order valence-corrected chi connectivity index (χ1v) is 8.34. The maximum Gasteiger partial charge on any atom is 0.340 e. The van der Waals surface area contributed by atoms with Gasteiger partial charge in [-0.2, -0.15) is 0 Å². The Morgan fingerprint density at radius 3 is 2.39 bits per heavy atom. The lowest BCUT2D eigenvalue weighted by molar-refractivity contribution is -0.142. The number of hydrogen-bond donors (Lipinski definition) is 1. The molecule has 0 aliphatic carbocycles. The quantitative estimate of drug-likeness (QED) is 0.559. The van der Waals surface area contributed by atoms with Crippen LogP contribution in [0.1, 0.15) is 46.1 Å². The van der Waals surface area contributed by atoms with Gasteiger partial charge in [-0.05, 0) is 45.7 Å². The third-order valence-corrected chi connectivity index (χ3v) is 3.84. The zero-order valence-electron chi connectivity index (χ0n) is 14.9. The van der Waals surface area contributed by atoms with Crippen molar-refractivity contribution >= 4 is 11.7 Å². The number of nitrogens with zero attached hydrogens (tertiary/aromatic N) is 1. The van der Waals surface area contributed by atoms with E-state index in [2.05, 4.69) is 25.7 Å². The Balaban J connectivity index is 3.32. The number of unbranched alkanes of at least 4 members (excludes halogenated alkanes) is 1. The van der Waals surface area contributed by atoms with Gasteiger partial charge in [-0.3, -0.25) is 0 Å². The highest BCUT2D eigenvalue weighted by Gasteiger charge is 2.21. The summed E-state index contributed by atoms with van der Waals surface area (Å²) in [5, 5.41) is 9.35. The second-order valence-electron chi connectivity index (χ2n) is 5.47. The minimum absolute atomic E-state index is 0.361. The average molecular weight is 323 g/mol. The lowest BCUT2D eigenvalue weighted by atomic mass is 10.0. The molecule has 0 saturated heterocycles. The minimum Gasteiger partial charge on any atom is -0.492 e. The van der Waals surface area contributed by atoms with Crippen LogP contribution in [0.15, 0.2) is 12.1 Å². The summed E-state index contributed by atoms with van der Waals surface area (Å²) in [4.78, 5) is 14.0. The van der Waals surface area contributed by atoms with E-state index in [0.717, 1.165) is 43.6 Å². The maximum absolute atomic E-state index is 11.7. The lowest BCUT2D eigenvalue weighted by Crippen LogP contribution is -2.25. The van der Waals surface area contributed by atoms with Crippen LogP contribution in [0.5, 0.6) is 11.5 Å². The van der Waals surface area contributed by atoms with E-state index in [1.54, 1.807) is 13.2 Å². The third-order valence-electron chi connectivity index (χ3n) is 3.84. The highest BCUT2D eigenvalue weighted by Crippen LogP contribution is 2.39. The predicted octanol–water partition coefficient (Wildman–Crippen LogP) is 3.17. The van der Waals surface area contributed by atoms with Crippen LogP contribution in [0.3, 0.4) is 0 Å². The standard InChI is InChI=1S/C18H29NO4/c1-6-9-10-14-15(19(7-2)8-3)11-12-16(17(14)22-5)23-18(21)13(4)20/h11-13,20H,6-10H2,1-5H3. The van der Waals surface area contributed by atoms with Gasteiger partial charge in [0, 0.05) is 24.3 Å². The maximum atomic E-state index is 11.7. The van der Waals surface area contributed by atoms with Crippen molar-refractivity contribution in [3.8, 4) is 11.5 Å². The number of anilines is 1. The number of benzene rings is 1. The van der Waals surface area contributed by atoms with Gasteiger partial charge in [-0.25, -0.2) is 4.79 Å². The molecule has 0 fully saturated rings. The van der Waals surface area contributed by atoms with Gasteiger partial charge >= 0.3 is 5.97 Å². The highest BCUT2D eigenvalue weighted by molar-refractivity contribution is 5.78. The summed E-state index contributed by atoms with van der Waals surface area (Å²) in [6.45, 7) is 9.54. The Kier molecular flexibility index (Phi) is 7.89. The van der Waals surface area contributed by atoms with Crippen LogP contribution < -0.4 is 14.4 Å². The molecule has 0 aliphatic heterocycles. The fourth-order valence-corrected chi connectivity index (χ4v) is 2.55. The molecule has 130 valence electrons. The molecule has 5 nitrogen and oxygen atoms in total. The number of carbonyl (C=O) groups is 1. The number of esters is 1. The van der Waals surface area contributed by atoms with E-state index in [0.29, 0.717) is 11.5 Å². The van der Waals surface area contributed by atoms with E-state index in [-0.39, 0.29) is 0 Å². The average Bonchev–Trinajstić information content (AvgIpc) is 2.54. The lowest BCUT2D eigenvalue weighted by Gasteiger charge is -2.26. The summed E-state index contributed by atoms with van der Waals surface area (Å²) in [5.74, 6) is 0.262. The highest BCUT2D eigenvalue weighted by atomic mass is 16.6. The first-order valence-electron chi connectivity index (χ1n) is 8.34. The second-order valence-corrected chi connectivity index (χ2v) is 5.47. The fraction of sp³-hybridized carbons (Fsp3) is 0.611. The van der Waals surface area contributed by atoms with E-state index in [4.69, 9.17) is 9.47 Å². The summed E-state index contributed by atoms with van der Waals surface area (Å²) in [6.07, 6.45) is 1.78.